The third kappa shape index (κ3) is 4.05. The number of carbonyl (C=O) groups is 1. The van der Waals surface area contributed by atoms with E-state index in [0.29, 0.717) is 5.92 Å². The summed E-state index contributed by atoms with van der Waals surface area (Å²) in [6.07, 6.45) is 4.02. The number of rotatable bonds is 2. The van der Waals surface area contributed by atoms with Crippen LogP contribution in [0.4, 0.5) is 4.79 Å². The Labute approximate surface area is 144 Å². The van der Waals surface area contributed by atoms with Crippen molar-refractivity contribution in [3.05, 3.63) is 47.5 Å². The minimum absolute atomic E-state index is 0.192. The Morgan fingerprint density at radius 2 is 1.83 bits per heavy atom. The molecule has 0 spiro atoms. The Morgan fingerprint density at radius 1 is 1.17 bits per heavy atom. The highest BCUT2D eigenvalue weighted by Gasteiger charge is 2.29. The first-order valence-corrected chi connectivity index (χ1v) is 8.71. The molecule has 1 aromatic carbocycles. The number of nitrogens with zero attached hydrogens (tertiary/aromatic N) is 2. The molecule has 1 fully saturated rings. The molecule has 0 aliphatic carbocycles. The molecule has 0 radical (unpaired) electrons. The van der Waals surface area contributed by atoms with Gasteiger partial charge in [0, 0.05) is 13.1 Å². The summed E-state index contributed by atoms with van der Waals surface area (Å²) in [6, 6.07) is 10.3. The molecule has 0 saturated carbocycles. The molecule has 1 aromatic rings. The minimum atomic E-state index is -0.430. The topological polar surface area (TPSA) is 41.9 Å². The Morgan fingerprint density at radius 3 is 2.46 bits per heavy atom. The van der Waals surface area contributed by atoms with Gasteiger partial charge in [0.15, 0.2) is 0 Å². The third-order valence-corrected chi connectivity index (χ3v) is 4.49. The number of amides is 1. The number of piperidine rings is 1. The molecule has 0 atom stereocenters. The standard InChI is InChI=1S/C20H26N2O2/c1-20(2,3)24-19(23)22-11-9-15(10-12-22)17-13-18(21-14-17)16-7-5-4-6-8-16/h4-8,13,15H,9-12,14H2,1-3H3. The van der Waals surface area contributed by atoms with Crippen LogP contribution in [0, 0.1) is 5.92 Å². The monoisotopic (exact) mass is 326 g/mol. The number of aliphatic imine (C=N–C) groups is 1. The Hall–Kier alpha value is -2.10. The lowest BCUT2D eigenvalue weighted by Crippen LogP contribution is -2.42. The van der Waals surface area contributed by atoms with Gasteiger partial charge in [-0.05, 0) is 56.7 Å². The molecule has 0 aromatic heterocycles. The maximum atomic E-state index is 12.1. The molecule has 2 aliphatic rings. The van der Waals surface area contributed by atoms with Crippen LogP contribution in [0.1, 0.15) is 39.2 Å². The number of allylic oxidation sites excluding steroid dienone is 1. The number of likely N-dealkylation sites (tertiary alicyclic amines) is 1. The van der Waals surface area contributed by atoms with Crippen molar-refractivity contribution in [2.24, 2.45) is 10.9 Å². The van der Waals surface area contributed by atoms with Gasteiger partial charge >= 0.3 is 6.09 Å². The number of benzene rings is 1. The van der Waals surface area contributed by atoms with Crippen LogP contribution in [0.2, 0.25) is 0 Å². The van der Waals surface area contributed by atoms with Gasteiger partial charge in [0.2, 0.25) is 0 Å². The van der Waals surface area contributed by atoms with E-state index in [2.05, 4.69) is 23.2 Å². The van der Waals surface area contributed by atoms with E-state index in [1.165, 1.54) is 11.1 Å². The molecule has 1 saturated heterocycles. The second kappa shape index (κ2) is 6.80. The predicted molar refractivity (Wildman–Crippen MR) is 96.5 cm³/mol. The SMILES string of the molecule is CC(C)(C)OC(=O)N1CCC(C2=CC(c3ccccc3)=NC2)CC1. The quantitative estimate of drug-likeness (QED) is 0.822. The molecule has 4 nitrogen and oxygen atoms in total. The van der Waals surface area contributed by atoms with E-state index < -0.39 is 5.60 Å². The van der Waals surface area contributed by atoms with Gasteiger partial charge in [-0.1, -0.05) is 30.3 Å². The van der Waals surface area contributed by atoms with Crippen LogP contribution in [0.15, 0.2) is 47.0 Å². The molecule has 4 heteroatoms. The summed E-state index contributed by atoms with van der Waals surface area (Å²) in [5.74, 6) is 0.522. The van der Waals surface area contributed by atoms with Crippen molar-refractivity contribution >= 4 is 11.8 Å². The largest absolute Gasteiger partial charge is 0.444 e. The van der Waals surface area contributed by atoms with Gasteiger partial charge in [-0.2, -0.15) is 0 Å². The van der Waals surface area contributed by atoms with Crippen molar-refractivity contribution in [2.75, 3.05) is 19.6 Å². The van der Waals surface area contributed by atoms with E-state index in [-0.39, 0.29) is 6.09 Å². The van der Waals surface area contributed by atoms with Gasteiger partial charge in [0.1, 0.15) is 5.60 Å². The zero-order valence-electron chi connectivity index (χ0n) is 14.8. The molecule has 0 bridgehead atoms. The zero-order chi connectivity index (χ0) is 17.2. The van der Waals surface area contributed by atoms with Crippen LogP contribution in [0.5, 0.6) is 0 Å². The molecular weight excluding hydrogens is 300 g/mol. The van der Waals surface area contributed by atoms with E-state index in [0.717, 1.165) is 38.2 Å². The molecule has 0 unspecified atom stereocenters. The highest BCUT2D eigenvalue weighted by molar-refractivity contribution is 6.10. The third-order valence-electron chi connectivity index (χ3n) is 4.49. The van der Waals surface area contributed by atoms with Crippen LogP contribution < -0.4 is 0 Å². The smallest absolute Gasteiger partial charge is 0.410 e. The van der Waals surface area contributed by atoms with Crippen LogP contribution in [0.25, 0.3) is 0 Å². The fourth-order valence-electron chi connectivity index (χ4n) is 3.23. The van der Waals surface area contributed by atoms with Gasteiger partial charge in [0.05, 0.1) is 12.3 Å². The number of ether oxygens (including phenoxy) is 1. The van der Waals surface area contributed by atoms with Gasteiger partial charge in [-0.15, -0.1) is 0 Å². The fraction of sp³-hybridized carbons (Fsp3) is 0.500. The number of hydrogen-bond donors (Lipinski definition) is 0. The van der Waals surface area contributed by atoms with Gasteiger partial charge in [0.25, 0.3) is 0 Å². The summed E-state index contributed by atoms with van der Waals surface area (Å²) in [5.41, 5.74) is 3.23. The van der Waals surface area contributed by atoms with Crippen molar-refractivity contribution < 1.29 is 9.53 Å². The fourth-order valence-corrected chi connectivity index (χ4v) is 3.23. The Kier molecular flexibility index (Phi) is 4.74. The highest BCUT2D eigenvalue weighted by Crippen LogP contribution is 2.28. The van der Waals surface area contributed by atoms with Crippen molar-refractivity contribution in [3.63, 3.8) is 0 Å². The van der Waals surface area contributed by atoms with Gasteiger partial charge in [-0.25, -0.2) is 4.79 Å². The summed E-state index contributed by atoms with van der Waals surface area (Å²) >= 11 is 0. The normalized spacial score (nSPS) is 19.0. The predicted octanol–water partition coefficient (Wildman–Crippen LogP) is 4.06. The molecule has 2 aliphatic heterocycles. The molecule has 0 N–H and O–H groups in total. The summed E-state index contributed by atoms with van der Waals surface area (Å²) in [7, 11) is 0. The van der Waals surface area contributed by atoms with E-state index >= 15 is 0 Å². The first-order chi connectivity index (χ1) is 11.4. The second-order valence-corrected chi connectivity index (χ2v) is 7.53. The lowest BCUT2D eigenvalue weighted by Gasteiger charge is -2.33. The summed E-state index contributed by atoms with van der Waals surface area (Å²) in [5, 5.41) is 0. The average Bonchev–Trinajstić information content (AvgIpc) is 3.04. The van der Waals surface area contributed by atoms with E-state index in [1.807, 2.05) is 43.9 Å². The summed E-state index contributed by atoms with van der Waals surface area (Å²) in [6.45, 7) is 8.03. The maximum Gasteiger partial charge on any atom is 0.410 e. The zero-order valence-corrected chi connectivity index (χ0v) is 14.8. The molecule has 2 heterocycles. The average molecular weight is 326 g/mol. The van der Waals surface area contributed by atoms with Crippen molar-refractivity contribution in [2.45, 2.75) is 39.2 Å². The Bertz CT molecular complexity index is 648. The molecule has 128 valence electrons. The van der Waals surface area contributed by atoms with Crippen LogP contribution in [0.3, 0.4) is 0 Å². The maximum absolute atomic E-state index is 12.1. The van der Waals surface area contributed by atoms with Crippen molar-refractivity contribution in [1.82, 2.24) is 4.90 Å². The van der Waals surface area contributed by atoms with Crippen LogP contribution in [-0.4, -0.2) is 41.9 Å². The van der Waals surface area contributed by atoms with Crippen LogP contribution in [-0.2, 0) is 4.74 Å². The van der Waals surface area contributed by atoms with Crippen molar-refractivity contribution in [1.29, 1.82) is 0 Å². The summed E-state index contributed by atoms with van der Waals surface area (Å²) in [4.78, 5) is 18.7. The molecule has 3 rings (SSSR count). The number of hydrogen-bond acceptors (Lipinski definition) is 3. The number of carbonyl (C=O) groups excluding carboxylic acids is 1. The molecule has 24 heavy (non-hydrogen) atoms. The van der Waals surface area contributed by atoms with Gasteiger partial charge in [-0.3, -0.25) is 4.99 Å². The lowest BCUT2D eigenvalue weighted by atomic mass is 9.89. The van der Waals surface area contributed by atoms with E-state index in [4.69, 9.17) is 4.74 Å². The first-order valence-electron chi connectivity index (χ1n) is 8.71. The Balaban J connectivity index is 1.56. The van der Waals surface area contributed by atoms with Crippen LogP contribution >= 0.6 is 0 Å². The summed E-state index contributed by atoms with van der Waals surface area (Å²) < 4.78 is 5.46. The van der Waals surface area contributed by atoms with E-state index in [1.54, 1.807) is 0 Å². The van der Waals surface area contributed by atoms with Crippen molar-refractivity contribution in [3.8, 4) is 0 Å². The van der Waals surface area contributed by atoms with Gasteiger partial charge < -0.3 is 9.64 Å². The minimum Gasteiger partial charge on any atom is -0.444 e. The second-order valence-electron chi connectivity index (χ2n) is 7.53. The van der Waals surface area contributed by atoms with E-state index in [9.17, 15) is 4.79 Å². The lowest BCUT2D eigenvalue weighted by molar-refractivity contribution is 0.0194. The molecular formula is C20H26N2O2. The highest BCUT2D eigenvalue weighted by atomic mass is 16.6. The molecule has 1 amide bonds. The first kappa shape index (κ1) is 16.7.